The van der Waals surface area contributed by atoms with Gasteiger partial charge in [0.2, 0.25) is 0 Å². The van der Waals surface area contributed by atoms with Crippen LogP contribution in [-0.2, 0) is 0 Å². The summed E-state index contributed by atoms with van der Waals surface area (Å²) in [6, 6.07) is 0. The Morgan fingerprint density at radius 2 is 2.62 bits per heavy atom. The van der Waals surface area contributed by atoms with Gasteiger partial charge in [0.1, 0.15) is 5.71 Å². The van der Waals surface area contributed by atoms with E-state index in [0.717, 1.165) is 18.7 Å². The minimum Gasteiger partial charge on any atom is -0.276 e. The lowest BCUT2D eigenvalue weighted by Crippen LogP contribution is -1.95. The van der Waals surface area contributed by atoms with Crippen LogP contribution in [0.4, 0.5) is 0 Å². The molecule has 0 radical (unpaired) electrons. The monoisotopic (exact) mass is 105 g/mol. The molecule has 0 aromatic heterocycles. The van der Waals surface area contributed by atoms with Crippen molar-refractivity contribution in [2.75, 3.05) is 6.54 Å². The number of dihydropyridines is 1. The molecule has 1 heteroatoms. The molecule has 1 aliphatic rings. The second-order valence-electron chi connectivity index (χ2n) is 1.60. The van der Waals surface area contributed by atoms with Gasteiger partial charge in [0, 0.05) is 6.54 Å². The van der Waals surface area contributed by atoms with Crippen LogP contribution in [0.25, 0.3) is 0 Å². The van der Waals surface area contributed by atoms with Gasteiger partial charge in [0.15, 0.2) is 0 Å². The summed E-state index contributed by atoms with van der Waals surface area (Å²) >= 11 is 0. The maximum absolute atomic E-state index is 5.07. The fourth-order valence-electron chi connectivity index (χ4n) is 0.601. The number of nitrogens with zero attached hydrogens (tertiary/aromatic N) is 1. The molecule has 1 heterocycles. The summed E-state index contributed by atoms with van der Waals surface area (Å²) in [4.78, 5) is 4.04. The molecule has 0 N–H and O–H groups in total. The van der Waals surface area contributed by atoms with E-state index in [1.165, 1.54) is 0 Å². The van der Waals surface area contributed by atoms with Crippen LogP contribution in [0.2, 0.25) is 0 Å². The molecule has 0 saturated carbocycles. The van der Waals surface area contributed by atoms with Gasteiger partial charge in [-0.05, 0) is 12.5 Å². The van der Waals surface area contributed by atoms with E-state index >= 15 is 0 Å². The van der Waals surface area contributed by atoms with Gasteiger partial charge in [-0.15, -0.1) is 6.42 Å². The van der Waals surface area contributed by atoms with E-state index in [0.29, 0.717) is 0 Å². The smallest absolute Gasteiger partial charge is 0.107 e. The molecule has 1 rings (SSSR count). The first kappa shape index (κ1) is 5.11. The van der Waals surface area contributed by atoms with Crippen LogP contribution in [0, 0.1) is 12.3 Å². The Morgan fingerprint density at radius 3 is 3.00 bits per heavy atom. The van der Waals surface area contributed by atoms with E-state index in [4.69, 9.17) is 6.42 Å². The molecule has 8 heavy (non-hydrogen) atoms. The topological polar surface area (TPSA) is 12.4 Å². The number of hydrogen-bond acceptors (Lipinski definition) is 1. The Labute approximate surface area is 49.1 Å². The van der Waals surface area contributed by atoms with Crippen LogP contribution >= 0.6 is 0 Å². The Balaban J connectivity index is 2.68. The highest BCUT2D eigenvalue weighted by atomic mass is 14.7. The fourth-order valence-corrected chi connectivity index (χ4v) is 0.601. The second-order valence-corrected chi connectivity index (χ2v) is 1.60. The van der Waals surface area contributed by atoms with Crippen molar-refractivity contribution in [1.29, 1.82) is 0 Å². The second kappa shape index (κ2) is 2.32. The van der Waals surface area contributed by atoms with Crippen LogP contribution in [-0.4, -0.2) is 12.3 Å². The molecule has 1 aliphatic heterocycles. The third kappa shape index (κ3) is 0.974. The third-order valence-electron chi connectivity index (χ3n) is 1.00. The zero-order valence-corrected chi connectivity index (χ0v) is 4.59. The molecule has 40 valence electrons. The van der Waals surface area contributed by atoms with E-state index in [9.17, 15) is 0 Å². The molecular formula is C7H7N. The molecule has 0 aromatic carbocycles. The van der Waals surface area contributed by atoms with E-state index in [1.54, 1.807) is 0 Å². The van der Waals surface area contributed by atoms with E-state index < -0.39 is 0 Å². The van der Waals surface area contributed by atoms with Gasteiger partial charge in [-0.2, -0.15) is 0 Å². The van der Waals surface area contributed by atoms with Gasteiger partial charge >= 0.3 is 0 Å². The lowest BCUT2D eigenvalue weighted by Gasteiger charge is -1.95. The first-order chi connectivity index (χ1) is 3.93. The largest absolute Gasteiger partial charge is 0.276 e. The first-order valence-electron chi connectivity index (χ1n) is 2.61. The van der Waals surface area contributed by atoms with Crippen LogP contribution in [0.3, 0.4) is 0 Å². The summed E-state index contributed by atoms with van der Waals surface area (Å²) in [5.41, 5.74) is 0.774. The van der Waals surface area contributed by atoms with Gasteiger partial charge in [0.25, 0.3) is 0 Å². The minimum atomic E-state index is 0.774. The fraction of sp³-hybridized carbons (Fsp3) is 0.286. The normalized spacial score (nSPS) is 17.1. The molecule has 0 bridgehead atoms. The first-order valence-corrected chi connectivity index (χ1v) is 2.61. The lowest BCUT2D eigenvalue weighted by molar-refractivity contribution is 0.997. The van der Waals surface area contributed by atoms with E-state index in [2.05, 4.69) is 10.9 Å². The number of hydrogen-bond donors (Lipinski definition) is 0. The maximum atomic E-state index is 5.07. The molecule has 0 saturated heterocycles. The van der Waals surface area contributed by atoms with Crippen molar-refractivity contribution in [3.63, 3.8) is 0 Å². The van der Waals surface area contributed by atoms with Crippen molar-refractivity contribution < 1.29 is 0 Å². The average Bonchev–Trinajstić information content (AvgIpc) is 1.90. The van der Waals surface area contributed by atoms with Crippen molar-refractivity contribution in [3.8, 4) is 12.3 Å². The predicted molar refractivity (Wildman–Crippen MR) is 34.9 cm³/mol. The van der Waals surface area contributed by atoms with Crippen molar-refractivity contribution in [3.05, 3.63) is 12.2 Å². The zero-order valence-electron chi connectivity index (χ0n) is 4.59. The molecule has 0 aromatic rings. The molecule has 0 amide bonds. The number of allylic oxidation sites excluding steroid dienone is 1. The van der Waals surface area contributed by atoms with E-state index in [1.807, 2.05) is 12.2 Å². The van der Waals surface area contributed by atoms with E-state index in [-0.39, 0.29) is 0 Å². The summed E-state index contributed by atoms with van der Waals surface area (Å²) < 4.78 is 0. The Morgan fingerprint density at radius 1 is 1.75 bits per heavy atom. The average molecular weight is 105 g/mol. The number of terminal acetylenes is 1. The highest BCUT2D eigenvalue weighted by Crippen LogP contribution is 1.93. The molecule has 0 atom stereocenters. The molecule has 0 fully saturated rings. The van der Waals surface area contributed by atoms with Gasteiger partial charge < -0.3 is 0 Å². The molecule has 0 unspecified atom stereocenters. The van der Waals surface area contributed by atoms with Crippen molar-refractivity contribution >= 4 is 5.71 Å². The number of aliphatic imine (C=N–C) groups is 1. The zero-order chi connectivity index (χ0) is 5.82. The van der Waals surface area contributed by atoms with Crippen molar-refractivity contribution in [1.82, 2.24) is 0 Å². The van der Waals surface area contributed by atoms with Crippen LogP contribution in [0.15, 0.2) is 17.1 Å². The number of rotatable bonds is 0. The quantitative estimate of drug-likeness (QED) is 0.408. The standard InChI is InChI=1S/C7H7N/c1-2-7-5-3-4-6-8-7/h1,3,5H,4,6H2. The Kier molecular flexibility index (Phi) is 1.48. The SMILES string of the molecule is C#CC1=NCCC=C1. The summed E-state index contributed by atoms with van der Waals surface area (Å²) in [6.07, 6.45) is 10.0. The Bertz CT molecular complexity index is 169. The molecule has 1 nitrogen and oxygen atoms in total. The van der Waals surface area contributed by atoms with Crippen molar-refractivity contribution in [2.24, 2.45) is 4.99 Å². The van der Waals surface area contributed by atoms with Gasteiger partial charge in [-0.25, -0.2) is 0 Å². The minimum absolute atomic E-state index is 0.774. The van der Waals surface area contributed by atoms with Crippen LogP contribution in [0.5, 0.6) is 0 Å². The summed E-state index contributed by atoms with van der Waals surface area (Å²) in [7, 11) is 0. The predicted octanol–water partition coefficient (Wildman–Crippen LogP) is 1.02. The van der Waals surface area contributed by atoms with Crippen LogP contribution in [0.1, 0.15) is 6.42 Å². The highest BCUT2D eigenvalue weighted by molar-refractivity contribution is 6.08. The highest BCUT2D eigenvalue weighted by Gasteiger charge is 1.90. The molecule has 0 aliphatic carbocycles. The van der Waals surface area contributed by atoms with Crippen LogP contribution < -0.4 is 0 Å². The third-order valence-corrected chi connectivity index (χ3v) is 1.00. The summed E-state index contributed by atoms with van der Waals surface area (Å²) in [5.74, 6) is 2.47. The van der Waals surface area contributed by atoms with Gasteiger partial charge in [0.05, 0.1) is 0 Å². The van der Waals surface area contributed by atoms with Gasteiger partial charge in [-0.1, -0.05) is 12.0 Å². The molecular weight excluding hydrogens is 98.1 g/mol. The Hall–Kier alpha value is -1.03. The van der Waals surface area contributed by atoms with Crippen molar-refractivity contribution in [2.45, 2.75) is 6.42 Å². The maximum Gasteiger partial charge on any atom is 0.107 e. The lowest BCUT2D eigenvalue weighted by atomic mass is 10.2. The summed E-state index contributed by atoms with van der Waals surface area (Å²) in [6.45, 7) is 0.857. The summed E-state index contributed by atoms with van der Waals surface area (Å²) in [5, 5.41) is 0. The van der Waals surface area contributed by atoms with Gasteiger partial charge in [-0.3, -0.25) is 4.99 Å². The molecule has 0 spiro atoms.